The lowest BCUT2D eigenvalue weighted by atomic mass is 10.0. The van der Waals surface area contributed by atoms with Crippen LogP contribution in [0.4, 0.5) is 0 Å². The van der Waals surface area contributed by atoms with E-state index in [1.165, 1.54) is 0 Å². The largest absolute Gasteiger partial charge is 0.390 e. The fourth-order valence-electron chi connectivity index (χ4n) is 2.26. The second-order valence-electron chi connectivity index (χ2n) is 4.95. The first kappa shape index (κ1) is 14.5. The SMILES string of the molecule is CCCCC(O)C1OC(c2ccccc2)OCC1O. The Morgan fingerprint density at radius 2 is 2.05 bits per heavy atom. The van der Waals surface area contributed by atoms with Crippen molar-refractivity contribution >= 4 is 0 Å². The molecule has 4 atom stereocenters. The van der Waals surface area contributed by atoms with Crippen LogP contribution in [0.25, 0.3) is 0 Å². The molecule has 0 bridgehead atoms. The van der Waals surface area contributed by atoms with Gasteiger partial charge >= 0.3 is 0 Å². The first-order valence-corrected chi connectivity index (χ1v) is 6.90. The van der Waals surface area contributed by atoms with Crippen molar-refractivity contribution in [1.82, 2.24) is 0 Å². The third kappa shape index (κ3) is 3.76. The number of benzene rings is 1. The molecule has 1 aliphatic heterocycles. The molecule has 0 saturated carbocycles. The monoisotopic (exact) mass is 266 g/mol. The van der Waals surface area contributed by atoms with Crippen molar-refractivity contribution in [3.63, 3.8) is 0 Å². The van der Waals surface area contributed by atoms with Gasteiger partial charge in [0.25, 0.3) is 0 Å². The quantitative estimate of drug-likeness (QED) is 0.856. The van der Waals surface area contributed by atoms with Crippen molar-refractivity contribution in [2.45, 2.75) is 50.8 Å². The predicted octanol–water partition coefficient (Wildman–Crippen LogP) is 2.01. The maximum atomic E-state index is 10.1. The van der Waals surface area contributed by atoms with E-state index < -0.39 is 24.6 Å². The minimum absolute atomic E-state index is 0.188. The highest BCUT2D eigenvalue weighted by molar-refractivity contribution is 5.16. The average Bonchev–Trinajstić information content (AvgIpc) is 2.46. The van der Waals surface area contributed by atoms with Gasteiger partial charge < -0.3 is 19.7 Å². The van der Waals surface area contributed by atoms with Crippen molar-refractivity contribution in [2.75, 3.05) is 6.61 Å². The number of ether oxygens (including phenoxy) is 2. The number of aliphatic hydroxyl groups excluding tert-OH is 2. The topological polar surface area (TPSA) is 58.9 Å². The Morgan fingerprint density at radius 1 is 1.32 bits per heavy atom. The summed E-state index contributed by atoms with van der Waals surface area (Å²) in [7, 11) is 0. The minimum Gasteiger partial charge on any atom is -0.390 e. The summed E-state index contributed by atoms with van der Waals surface area (Å²) in [5.74, 6) is 0. The summed E-state index contributed by atoms with van der Waals surface area (Å²) in [5, 5.41) is 20.0. The Balaban J connectivity index is 1.99. The van der Waals surface area contributed by atoms with Crippen molar-refractivity contribution in [3.8, 4) is 0 Å². The molecule has 1 aromatic rings. The van der Waals surface area contributed by atoms with Crippen LogP contribution < -0.4 is 0 Å². The van der Waals surface area contributed by atoms with Gasteiger partial charge in [-0.2, -0.15) is 0 Å². The van der Waals surface area contributed by atoms with Gasteiger partial charge in [-0.25, -0.2) is 0 Å². The van der Waals surface area contributed by atoms with Gasteiger partial charge in [0.05, 0.1) is 12.7 Å². The molecule has 0 radical (unpaired) electrons. The molecule has 1 heterocycles. The van der Waals surface area contributed by atoms with E-state index in [4.69, 9.17) is 9.47 Å². The van der Waals surface area contributed by atoms with Gasteiger partial charge in [-0.3, -0.25) is 0 Å². The van der Waals surface area contributed by atoms with E-state index in [0.717, 1.165) is 18.4 Å². The highest BCUT2D eigenvalue weighted by atomic mass is 16.7. The van der Waals surface area contributed by atoms with Crippen molar-refractivity contribution < 1.29 is 19.7 Å². The van der Waals surface area contributed by atoms with E-state index in [1.807, 2.05) is 30.3 Å². The zero-order chi connectivity index (χ0) is 13.7. The predicted molar refractivity (Wildman–Crippen MR) is 71.5 cm³/mol. The Morgan fingerprint density at radius 3 is 2.74 bits per heavy atom. The molecular formula is C15H22O4. The van der Waals surface area contributed by atoms with Crippen LogP contribution in [0.1, 0.15) is 38.0 Å². The number of hydrogen-bond acceptors (Lipinski definition) is 4. The molecule has 1 saturated heterocycles. The van der Waals surface area contributed by atoms with Crippen LogP contribution in [0.3, 0.4) is 0 Å². The molecule has 2 N–H and O–H groups in total. The summed E-state index contributed by atoms with van der Waals surface area (Å²) in [6.45, 7) is 2.26. The molecule has 1 fully saturated rings. The number of rotatable bonds is 5. The van der Waals surface area contributed by atoms with Crippen LogP contribution in [0.15, 0.2) is 30.3 Å². The molecule has 0 spiro atoms. The molecule has 4 unspecified atom stereocenters. The molecule has 1 aromatic carbocycles. The van der Waals surface area contributed by atoms with Crippen LogP contribution in [0.5, 0.6) is 0 Å². The van der Waals surface area contributed by atoms with Gasteiger partial charge in [0.2, 0.25) is 0 Å². The fourth-order valence-corrected chi connectivity index (χ4v) is 2.26. The summed E-state index contributed by atoms with van der Waals surface area (Å²) in [4.78, 5) is 0. The van der Waals surface area contributed by atoms with E-state index in [1.54, 1.807) is 0 Å². The van der Waals surface area contributed by atoms with Crippen molar-refractivity contribution in [1.29, 1.82) is 0 Å². The third-order valence-corrected chi connectivity index (χ3v) is 3.38. The lowest BCUT2D eigenvalue weighted by Crippen LogP contribution is -2.47. The van der Waals surface area contributed by atoms with Gasteiger partial charge in [-0.05, 0) is 6.42 Å². The highest BCUT2D eigenvalue weighted by Crippen LogP contribution is 2.28. The van der Waals surface area contributed by atoms with Crippen LogP contribution >= 0.6 is 0 Å². The van der Waals surface area contributed by atoms with Gasteiger partial charge in [0.15, 0.2) is 6.29 Å². The van der Waals surface area contributed by atoms with E-state index in [2.05, 4.69) is 6.92 Å². The molecule has 106 valence electrons. The van der Waals surface area contributed by atoms with Crippen LogP contribution in [-0.4, -0.2) is 35.1 Å². The summed E-state index contributed by atoms with van der Waals surface area (Å²) in [6.07, 6.45) is 0.0660. The molecule has 0 amide bonds. The first-order chi connectivity index (χ1) is 9.22. The standard InChI is InChI=1S/C15H22O4/c1-2-3-9-12(16)14-13(17)10-18-15(19-14)11-7-5-4-6-8-11/h4-8,12-17H,2-3,9-10H2,1H3. The summed E-state index contributed by atoms with van der Waals surface area (Å²) in [6, 6.07) is 9.58. The van der Waals surface area contributed by atoms with Crippen LogP contribution in [0.2, 0.25) is 0 Å². The fraction of sp³-hybridized carbons (Fsp3) is 0.600. The first-order valence-electron chi connectivity index (χ1n) is 6.90. The Kier molecular flexibility index (Phi) is 5.34. The lowest BCUT2D eigenvalue weighted by Gasteiger charge is -2.36. The third-order valence-electron chi connectivity index (χ3n) is 3.38. The highest BCUT2D eigenvalue weighted by Gasteiger charge is 2.35. The zero-order valence-electron chi connectivity index (χ0n) is 11.2. The molecule has 2 rings (SSSR count). The second kappa shape index (κ2) is 7.01. The number of unbranched alkanes of at least 4 members (excludes halogenated alkanes) is 1. The summed E-state index contributed by atoms with van der Waals surface area (Å²) >= 11 is 0. The van der Waals surface area contributed by atoms with Crippen LogP contribution in [0, 0.1) is 0 Å². The molecule has 4 heteroatoms. The molecular weight excluding hydrogens is 244 g/mol. The van der Waals surface area contributed by atoms with E-state index in [9.17, 15) is 10.2 Å². The molecule has 0 aromatic heterocycles. The Bertz CT molecular complexity index is 368. The number of hydrogen-bond donors (Lipinski definition) is 2. The molecule has 0 aliphatic carbocycles. The lowest BCUT2D eigenvalue weighted by molar-refractivity contribution is -0.276. The summed E-state index contributed by atoms with van der Waals surface area (Å²) < 4.78 is 11.2. The minimum atomic E-state index is -0.771. The second-order valence-corrected chi connectivity index (χ2v) is 4.95. The molecule has 19 heavy (non-hydrogen) atoms. The van der Waals surface area contributed by atoms with E-state index in [0.29, 0.717) is 6.42 Å². The van der Waals surface area contributed by atoms with E-state index >= 15 is 0 Å². The van der Waals surface area contributed by atoms with Crippen LogP contribution in [-0.2, 0) is 9.47 Å². The van der Waals surface area contributed by atoms with Crippen molar-refractivity contribution in [2.24, 2.45) is 0 Å². The zero-order valence-corrected chi connectivity index (χ0v) is 11.2. The van der Waals surface area contributed by atoms with Gasteiger partial charge in [0, 0.05) is 5.56 Å². The van der Waals surface area contributed by atoms with E-state index in [-0.39, 0.29) is 6.61 Å². The van der Waals surface area contributed by atoms with Gasteiger partial charge in [-0.15, -0.1) is 0 Å². The average molecular weight is 266 g/mol. The number of aliphatic hydroxyl groups is 2. The Hall–Kier alpha value is -0.940. The normalized spacial score (nSPS) is 29.1. The van der Waals surface area contributed by atoms with Gasteiger partial charge in [-0.1, -0.05) is 50.1 Å². The smallest absolute Gasteiger partial charge is 0.184 e. The maximum absolute atomic E-state index is 10.1. The maximum Gasteiger partial charge on any atom is 0.184 e. The van der Waals surface area contributed by atoms with Crippen molar-refractivity contribution in [3.05, 3.63) is 35.9 Å². The van der Waals surface area contributed by atoms with Gasteiger partial charge in [0.1, 0.15) is 12.2 Å². The summed E-state index contributed by atoms with van der Waals surface area (Å²) in [5.41, 5.74) is 0.905. The Labute approximate surface area is 114 Å². The molecule has 1 aliphatic rings. The molecule has 4 nitrogen and oxygen atoms in total.